The standard InChI is InChI=1S/C18H28BNO4S/c1-16(2,3)22-15(21)20-11-14(10-13-8-9-25-12-13)19-23-17(4,5)18(6,7)24-19/h8-10,12H,11H2,1-7H3,(H,20,21). The van der Waals surface area contributed by atoms with Crippen LogP contribution >= 0.6 is 11.3 Å². The highest BCUT2D eigenvalue weighted by Crippen LogP contribution is 2.38. The van der Waals surface area contributed by atoms with E-state index in [1.165, 1.54) is 0 Å². The van der Waals surface area contributed by atoms with Crippen molar-refractivity contribution in [3.05, 3.63) is 27.9 Å². The highest BCUT2D eigenvalue weighted by atomic mass is 32.1. The maximum atomic E-state index is 12.0. The molecule has 0 bridgehead atoms. The molecule has 1 amide bonds. The van der Waals surface area contributed by atoms with Crippen molar-refractivity contribution in [3.63, 3.8) is 0 Å². The first-order valence-corrected chi connectivity index (χ1v) is 9.39. The van der Waals surface area contributed by atoms with Crippen molar-refractivity contribution in [2.75, 3.05) is 6.54 Å². The van der Waals surface area contributed by atoms with Crippen LogP contribution in [0.3, 0.4) is 0 Å². The van der Waals surface area contributed by atoms with Crippen LogP contribution in [0.25, 0.3) is 6.08 Å². The van der Waals surface area contributed by atoms with Gasteiger partial charge in [-0.1, -0.05) is 6.08 Å². The smallest absolute Gasteiger partial charge is 0.444 e. The van der Waals surface area contributed by atoms with Crippen molar-refractivity contribution >= 4 is 30.6 Å². The Balaban J connectivity index is 2.14. The van der Waals surface area contributed by atoms with E-state index in [0.29, 0.717) is 6.54 Å². The number of ether oxygens (including phenoxy) is 1. The molecule has 0 spiro atoms. The number of hydrogen-bond acceptors (Lipinski definition) is 5. The summed E-state index contributed by atoms with van der Waals surface area (Å²) in [5.74, 6) is 0. The summed E-state index contributed by atoms with van der Waals surface area (Å²) in [6.07, 6.45) is 1.54. The van der Waals surface area contributed by atoms with Gasteiger partial charge in [-0.15, -0.1) is 0 Å². The van der Waals surface area contributed by atoms with E-state index in [-0.39, 0.29) is 0 Å². The van der Waals surface area contributed by atoms with Gasteiger partial charge in [0, 0.05) is 6.54 Å². The second-order valence-corrected chi connectivity index (χ2v) is 9.00. The Hall–Kier alpha value is -1.31. The van der Waals surface area contributed by atoms with Crippen LogP contribution in [0.4, 0.5) is 4.79 Å². The summed E-state index contributed by atoms with van der Waals surface area (Å²) in [6.45, 7) is 13.8. The molecule has 25 heavy (non-hydrogen) atoms. The molecule has 2 rings (SSSR count). The topological polar surface area (TPSA) is 56.8 Å². The van der Waals surface area contributed by atoms with Crippen LogP contribution < -0.4 is 5.32 Å². The molecule has 1 aliphatic heterocycles. The van der Waals surface area contributed by atoms with Crippen LogP contribution in [0.2, 0.25) is 0 Å². The minimum Gasteiger partial charge on any atom is -0.444 e. The summed E-state index contributed by atoms with van der Waals surface area (Å²) in [5.41, 5.74) is 0.504. The predicted molar refractivity (Wildman–Crippen MR) is 103 cm³/mol. The zero-order valence-corrected chi connectivity index (χ0v) is 17.0. The van der Waals surface area contributed by atoms with Crippen molar-refractivity contribution in [2.24, 2.45) is 0 Å². The number of carbonyl (C=O) groups is 1. The maximum absolute atomic E-state index is 12.0. The molecule has 2 heterocycles. The molecule has 1 saturated heterocycles. The van der Waals surface area contributed by atoms with E-state index in [2.05, 4.69) is 5.32 Å². The first-order chi connectivity index (χ1) is 11.4. The Bertz CT molecular complexity index is 616. The number of hydrogen-bond donors (Lipinski definition) is 1. The van der Waals surface area contributed by atoms with E-state index in [4.69, 9.17) is 14.0 Å². The number of nitrogens with one attached hydrogen (secondary N) is 1. The van der Waals surface area contributed by atoms with Crippen molar-refractivity contribution < 1.29 is 18.8 Å². The lowest BCUT2D eigenvalue weighted by Crippen LogP contribution is -2.41. The molecule has 5 nitrogen and oxygen atoms in total. The van der Waals surface area contributed by atoms with Gasteiger partial charge in [-0.3, -0.25) is 0 Å². The largest absolute Gasteiger partial charge is 0.492 e. The summed E-state index contributed by atoms with van der Waals surface area (Å²) in [5, 5.41) is 6.85. The molecule has 0 unspecified atom stereocenters. The van der Waals surface area contributed by atoms with Crippen LogP contribution in [0.15, 0.2) is 22.3 Å². The lowest BCUT2D eigenvalue weighted by Gasteiger charge is -2.32. The van der Waals surface area contributed by atoms with E-state index in [1.54, 1.807) is 11.3 Å². The van der Waals surface area contributed by atoms with Gasteiger partial charge in [0.05, 0.1) is 11.2 Å². The Morgan fingerprint density at radius 2 is 1.88 bits per heavy atom. The summed E-state index contributed by atoms with van der Waals surface area (Å²) >= 11 is 1.62. The zero-order chi connectivity index (χ0) is 18.9. The van der Waals surface area contributed by atoms with Crippen LogP contribution in [0.5, 0.6) is 0 Å². The van der Waals surface area contributed by atoms with Crippen molar-refractivity contribution in [1.29, 1.82) is 0 Å². The van der Waals surface area contributed by atoms with Crippen LogP contribution in [-0.2, 0) is 14.0 Å². The van der Waals surface area contributed by atoms with Gasteiger partial charge in [0.1, 0.15) is 5.60 Å². The molecule has 138 valence electrons. The predicted octanol–water partition coefficient (Wildman–Crippen LogP) is 4.29. The molecule has 1 aromatic rings. The molecule has 0 atom stereocenters. The fourth-order valence-electron chi connectivity index (χ4n) is 2.26. The number of carbonyl (C=O) groups excluding carboxylic acids is 1. The van der Waals surface area contributed by atoms with Crippen LogP contribution in [0.1, 0.15) is 54.0 Å². The average Bonchev–Trinajstić information content (AvgIpc) is 2.99. The first kappa shape index (κ1) is 20.0. The van der Waals surface area contributed by atoms with Gasteiger partial charge in [0.25, 0.3) is 0 Å². The Morgan fingerprint density at radius 3 is 2.36 bits per heavy atom. The van der Waals surface area contributed by atoms with E-state index in [9.17, 15) is 4.79 Å². The van der Waals surface area contributed by atoms with Gasteiger partial charge in [-0.2, -0.15) is 11.3 Å². The number of rotatable bonds is 4. The molecular weight excluding hydrogens is 337 g/mol. The Morgan fingerprint density at radius 1 is 1.28 bits per heavy atom. The quantitative estimate of drug-likeness (QED) is 0.809. The molecule has 0 aliphatic carbocycles. The first-order valence-electron chi connectivity index (χ1n) is 8.45. The third-order valence-corrected chi connectivity index (χ3v) is 4.99. The SMILES string of the molecule is CC(C)(C)OC(=O)NCC(=Cc1ccsc1)B1OC(C)(C)C(C)(C)O1. The van der Waals surface area contributed by atoms with Gasteiger partial charge in [-0.25, -0.2) is 4.79 Å². The summed E-state index contributed by atoms with van der Waals surface area (Å²) < 4.78 is 17.6. The maximum Gasteiger partial charge on any atom is 0.492 e. The van der Waals surface area contributed by atoms with Crippen molar-refractivity contribution in [2.45, 2.75) is 65.3 Å². The molecule has 1 aliphatic rings. The van der Waals surface area contributed by atoms with E-state index >= 15 is 0 Å². The second kappa shape index (κ2) is 7.13. The van der Waals surface area contributed by atoms with Gasteiger partial charge in [-0.05, 0) is 76.3 Å². The third-order valence-electron chi connectivity index (χ3n) is 4.29. The van der Waals surface area contributed by atoms with E-state index < -0.39 is 30.0 Å². The van der Waals surface area contributed by atoms with Gasteiger partial charge in [0.2, 0.25) is 0 Å². The molecule has 1 N–H and O–H groups in total. The minimum atomic E-state index is -0.536. The summed E-state index contributed by atoms with van der Waals surface area (Å²) in [4.78, 5) is 12.0. The van der Waals surface area contributed by atoms with Crippen molar-refractivity contribution in [3.8, 4) is 0 Å². The molecular formula is C18H28BNO4S. The van der Waals surface area contributed by atoms with Crippen molar-refractivity contribution in [1.82, 2.24) is 5.32 Å². The molecule has 1 aromatic heterocycles. The number of amides is 1. The Kier molecular flexibility index (Phi) is 5.71. The summed E-state index contributed by atoms with van der Waals surface area (Å²) in [6, 6.07) is 2.02. The third kappa shape index (κ3) is 5.33. The molecule has 0 aromatic carbocycles. The van der Waals surface area contributed by atoms with Crippen LogP contribution in [-0.4, -0.2) is 36.6 Å². The normalized spacial score (nSPS) is 19.8. The molecule has 7 heteroatoms. The van der Waals surface area contributed by atoms with E-state index in [0.717, 1.165) is 11.0 Å². The van der Waals surface area contributed by atoms with E-state index in [1.807, 2.05) is 71.4 Å². The van der Waals surface area contributed by atoms with Gasteiger partial charge in [0.15, 0.2) is 0 Å². The second-order valence-electron chi connectivity index (χ2n) is 8.22. The highest BCUT2D eigenvalue weighted by molar-refractivity contribution is 7.08. The Labute approximate surface area is 154 Å². The fraction of sp³-hybridized carbons (Fsp3) is 0.611. The zero-order valence-electron chi connectivity index (χ0n) is 16.1. The lowest BCUT2D eigenvalue weighted by atomic mass is 9.77. The minimum absolute atomic E-state index is 0.293. The van der Waals surface area contributed by atoms with Gasteiger partial charge >= 0.3 is 13.2 Å². The monoisotopic (exact) mass is 365 g/mol. The number of thiophene rings is 1. The molecule has 0 radical (unpaired) electrons. The fourth-order valence-corrected chi connectivity index (χ4v) is 2.87. The molecule has 1 fully saturated rings. The average molecular weight is 365 g/mol. The molecule has 0 saturated carbocycles. The lowest BCUT2D eigenvalue weighted by molar-refractivity contribution is 0.00578. The van der Waals surface area contributed by atoms with Crippen LogP contribution in [0, 0.1) is 0 Å². The highest BCUT2D eigenvalue weighted by Gasteiger charge is 2.52. The number of alkyl carbamates (subject to hydrolysis) is 1. The van der Waals surface area contributed by atoms with Gasteiger partial charge < -0.3 is 19.4 Å². The summed E-state index contributed by atoms with van der Waals surface area (Å²) in [7, 11) is -0.514.